The molecule has 10 atom stereocenters. The van der Waals surface area contributed by atoms with E-state index in [1.807, 2.05) is 0 Å². The summed E-state index contributed by atoms with van der Waals surface area (Å²) in [5.41, 5.74) is 0. The van der Waals surface area contributed by atoms with E-state index in [1.165, 1.54) is 14.0 Å². The van der Waals surface area contributed by atoms with Gasteiger partial charge < -0.3 is 47.4 Å². The molecule has 0 spiro atoms. The Hall–Kier alpha value is -2.36. The average molecular weight is 549 g/mol. The van der Waals surface area contributed by atoms with Gasteiger partial charge in [-0.25, -0.2) is 0 Å². The highest BCUT2D eigenvalue weighted by molar-refractivity contribution is 5.68. The molecule has 3 heterocycles. The molecule has 38 heavy (non-hydrogen) atoms. The van der Waals surface area contributed by atoms with Crippen LogP contribution in [0.5, 0.6) is 0 Å². The summed E-state index contributed by atoms with van der Waals surface area (Å²) in [4.78, 5) is 47.6. The minimum atomic E-state index is -1.39. The Morgan fingerprint density at radius 2 is 1.26 bits per heavy atom. The van der Waals surface area contributed by atoms with Gasteiger partial charge in [-0.15, -0.1) is 0 Å². The lowest BCUT2D eigenvalue weighted by Gasteiger charge is -2.47. The first-order chi connectivity index (χ1) is 17.7. The molecule has 216 valence electrons. The van der Waals surface area contributed by atoms with Gasteiger partial charge in [-0.05, 0) is 20.8 Å². The zero-order valence-electron chi connectivity index (χ0n) is 22.7. The summed E-state index contributed by atoms with van der Waals surface area (Å²) in [6, 6.07) is 0. The largest absolute Gasteiger partial charge is 0.463 e. The average Bonchev–Trinajstić information content (AvgIpc) is 3.12. The molecule has 14 nitrogen and oxygen atoms in total. The molecule has 14 heteroatoms. The second-order valence-corrected chi connectivity index (χ2v) is 9.68. The normalized spacial score (nSPS) is 38.0. The van der Waals surface area contributed by atoms with Gasteiger partial charge in [0.25, 0.3) is 0 Å². The number of methoxy groups -OCH3 is 1. The Morgan fingerprint density at radius 1 is 0.711 bits per heavy atom. The molecule has 3 rings (SSSR count). The fourth-order valence-electron chi connectivity index (χ4n) is 4.75. The van der Waals surface area contributed by atoms with E-state index in [1.54, 1.807) is 20.8 Å². The van der Waals surface area contributed by atoms with Gasteiger partial charge >= 0.3 is 23.9 Å². The Kier molecular flexibility index (Phi) is 9.71. The number of fused-ring (bicyclic) bond motifs is 1. The van der Waals surface area contributed by atoms with Crippen molar-refractivity contribution in [1.29, 1.82) is 0 Å². The van der Waals surface area contributed by atoms with Gasteiger partial charge in [0.2, 0.25) is 0 Å². The molecule has 0 bridgehead atoms. The summed E-state index contributed by atoms with van der Waals surface area (Å²) in [5.74, 6) is -3.83. The lowest BCUT2D eigenvalue weighted by atomic mass is 9.96. The monoisotopic (exact) mass is 548 g/mol. The summed E-state index contributed by atoms with van der Waals surface area (Å²) < 4.78 is 57.2. The van der Waals surface area contributed by atoms with Crippen molar-refractivity contribution in [2.24, 2.45) is 0 Å². The van der Waals surface area contributed by atoms with Crippen LogP contribution in [0.15, 0.2) is 0 Å². The Bertz CT molecular complexity index is 889. The van der Waals surface area contributed by atoms with E-state index >= 15 is 0 Å². The van der Waals surface area contributed by atoms with Gasteiger partial charge in [0.05, 0.1) is 6.10 Å². The zero-order valence-corrected chi connectivity index (χ0v) is 22.7. The van der Waals surface area contributed by atoms with Crippen LogP contribution < -0.4 is 0 Å². The summed E-state index contributed by atoms with van der Waals surface area (Å²) in [5, 5.41) is 0. The van der Waals surface area contributed by atoms with Crippen LogP contribution in [0.4, 0.5) is 0 Å². The Labute approximate surface area is 220 Å². The number of hydrogen-bond donors (Lipinski definition) is 0. The molecule has 3 aliphatic rings. The van der Waals surface area contributed by atoms with E-state index in [-0.39, 0.29) is 6.61 Å². The molecule has 3 fully saturated rings. The molecule has 0 N–H and O–H groups in total. The maximum atomic E-state index is 12.1. The van der Waals surface area contributed by atoms with Gasteiger partial charge in [0, 0.05) is 34.8 Å². The summed E-state index contributed by atoms with van der Waals surface area (Å²) in [6.45, 7) is 9.43. The van der Waals surface area contributed by atoms with Crippen molar-refractivity contribution in [3.63, 3.8) is 0 Å². The number of hydrogen-bond acceptors (Lipinski definition) is 14. The van der Waals surface area contributed by atoms with Crippen LogP contribution in [-0.2, 0) is 66.5 Å². The molecule has 0 radical (unpaired) electrons. The van der Waals surface area contributed by atoms with E-state index in [0.717, 1.165) is 20.8 Å². The maximum absolute atomic E-state index is 12.1. The highest BCUT2D eigenvalue weighted by Gasteiger charge is 2.58. The first-order valence-electron chi connectivity index (χ1n) is 12.2. The summed E-state index contributed by atoms with van der Waals surface area (Å²) >= 11 is 0. The molecule has 0 saturated carbocycles. The SMILES string of the molecule is CO[C@@H]1O[C@H](C)[C@@H](O[C@H]2O[C@@H](COC(C)=O)[C@H](OC(C)=O)[C@@H](OC(C)=O)[C@@H]2OC(C)=O)[C@H]2OC(C)(C)O[C@@H]12. The van der Waals surface area contributed by atoms with Gasteiger partial charge in [0.15, 0.2) is 36.7 Å². The van der Waals surface area contributed by atoms with Crippen LogP contribution in [-0.4, -0.2) is 105 Å². The number of carbonyl (C=O) groups is 4. The zero-order chi connectivity index (χ0) is 28.4. The molecule has 3 aliphatic heterocycles. The van der Waals surface area contributed by atoms with Crippen LogP contribution in [0, 0.1) is 0 Å². The standard InChI is InChI=1S/C24H36O14/c1-10-16(19-21(22(29-8)31-10)38-24(6,7)37-19)36-23-20(34-14(5)28)18(33-13(4)27)17(32-12(3)26)15(35-23)9-30-11(2)25/h10,15-23H,9H2,1-8H3/t10-,15+,16-,17+,18-,19-,20+,21-,22-,23-/m1/s1. The molecule has 0 aromatic heterocycles. The highest BCUT2D eigenvalue weighted by Crippen LogP contribution is 2.40. The molecular formula is C24H36O14. The van der Waals surface area contributed by atoms with E-state index in [9.17, 15) is 19.2 Å². The summed E-state index contributed by atoms with van der Waals surface area (Å²) in [6.07, 6.45) is -10.1. The molecule has 0 aliphatic carbocycles. The molecule has 0 aromatic rings. The van der Waals surface area contributed by atoms with Crippen LogP contribution in [0.2, 0.25) is 0 Å². The number of carbonyl (C=O) groups excluding carboxylic acids is 4. The number of esters is 4. The fourth-order valence-corrected chi connectivity index (χ4v) is 4.75. The first-order valence-corrected chi connectivity index (χ1v) is 12.2. The van der Waals surface area contributed by atoms with Crippen LogP contribution >= 0.6 is 0 Å². The molecule has 0 aromatic carbocycles. The third-order valence-corrected chi connectivity index (χ3v) is 6.04. The van der Waals surface area contributed by atoms with Crippen molar-refractivity contribution < 1.29 is 66.5 Å². The van der Waals surface area contributed by atoms with Crippen molar-refractivity contribution in [2.75, 3.05) is 13.7 Å². The van der Waals surface area contributed by atoms with E-state index in [2.05, 4.69) is 0 Å². The Balaban J connectivity index is 1.98. The second-order valence-electron chi connectivity index (χ2n) is 9.68. The number of rotatable bonds is 8. The van der Waals surface area contributed by atoms with Crippen molar-refractivity contribution in [3.8, 4) is 0 Å². The van der Waals surface area contributed by atoms with Crippen LogP contribution in [0.3, 0.4) is 0 Å². The summed E-state index contributed by atoms with van der Waals surface area (Å²) in [7, 11) is 1.48. The molecular weight excluding hydrogens is 512 g/mol. The smallest absolute Gasteiger partial charge is 0.303 e. The maximum Gasteiger partial charge on any atom is 0.303 e. The third kappa shape index (κ3) is 7.18. The second kappa shape index (κ2) is 12.2. The molecule has 0 unspecified atom stereocenters. The lowest BCUT2D eigenvalue weighted by molar-refractivity contribution is -0.346. The van der Waals surface area contributed by atoms with Crippen LogP contribution in [0.1, 0.15) is 48.5 Å². The van der Waals surface area contributed by atoms with Gasteiger partial charge in [-0.3, -0.25) is 19.2 Å². The fraction of sp³-hybridized carbons (Fsp3) is 0.833. The highest BCUT2D eigenvalue weighted by atomic mass is 16.8. The topological polar surface area (TPSA) is 161 Å². The lowest BCUT2D eigenvalue weighted by Crippen LogP contribution is -2.65. The predicted molar refractivity (Wildman–Crippen MR) is 122 cm³/mol. The van der Waals surface area contributed by atoms with E-state index in [0.29, 0.717) is 0 Å². The van der Waals surface area contributed by atoms with Crippen molar-refractivity contribution in [1.82, 2.24) is 0 Å². The number of ether oxygens (including phenoxy) is 10. The minimum Gasteiger partial charge on any atom is -0.463 e. The van der Waals surface area contributed by atoms with Gasteiger partial charge in [-0.1, -0.05) is 0 Å². The van der Waals surface area contributed by atoms with Crippen LogP contribution in [0.25, 0.3) is 0 Å². The minimum absolute atomic E-state index is 0.376. The van der Waals surface area contributed by atoms with Gasteiger partial charge in [0.1, 0.15) is 31.0 Å². The molecule has 0 amide bonds. The van der Waals surface area contributed by atoms with Crippen molar-refractivity contribution >= 4 is 23.9 Å². The Morgan fingerprint density at radius 3 is 1.82 bits per heavy atom. The van der Waals surface area contributed by atoms with Crippen molar-refractivity contribution in [3.05, 3.63) is 0 Å². The quantitative estimate of drug-likeness (QED) is 0.302. The van der Waals surface area contributed by atoms with E-state index < -0.39 is 91.1 Å². The predicted octanol–water partition coefficient (Wildman–Crippen LogP) is 0.366. The third-order valence-electron chi connectivity index (χ3n) is 6.04. The molecule has 3 saturated heterocycles. The van der Waals surface area contributed by atoms with Gasteiger partial charge in [-0.2, -0.15) is 0 Å². The first kappa shape index (κ1) is 30.2. The van der Waals surface area contributed by atoms with Crippen molar-refractivity contribution in [2.45, 2.75) is 116 Å². The van der Waals surface area contributed by atoms with E-state index in [4.69, 9.17) is 47.4 Å².